The van der Waals surface area contributed by atoms with Crippen LogP contribution in [0.1, 0.15) is 103 Å². The molecule has 0 saturated heterocycles. The Morgan fingerprint density at radius 3 is 1.89 bits per heavy atom. The number of hydrogen-bond acceptors (Lipinski definition) is 1. The van der Waals surface area contributed by atoms with E-state index in [1.807, 2.05) is 11.8 Å². The normalized spacial score (nSPS) is 28.9. The van der Waals surface area contributed by atoms with Gasteiger partial charge in [0.25, 0.3) is 0 Å². The summed E-state index contributed by atoms with van der Waals surface area (Å²) in [6.45, 7) is 0. The molecule has 0 radical (unpaired) electrons. The van der Waals surface area contributed by atoms with E-state index in [9.17, 15) is 0 Å². The van der Waals surface area contributed by atoms with E-state index < -0.39 is 0 Å². The zero-order valence-corrected chi connectivity index (χ0v) is 18.6. The zero-order valence-electron chi connectivity index (χ0n) is 17.8. The minimum absolute atomic E-state index is 0.826. The molecule has 0 unspecified atom stereocenters. The molecule has 0 heterocycles. The molecule has 1 heteroatoms. The van der Waals surface area contributed by atoms with Crippen molar-refractivity contribution in [1.82, 2.24) is 0 Å². The Kier molecular flexibility index (Phi) is 9.62. The highest BCUT2D eigenvalue weighted by molar-refractivity contribution is 7.98. The average molecular weight is 387 g/mol. The number of hydrogen-bond donors (Lipinski definition) is 0. The standard InChI is InChI=1S/C26H42S/c1-27-21-25-19-9-5-3-2-4-8-18-24(22-14-10-6-11-15-22)20-26(25)23-16-12-7-13-17-23/h18-20,22-23H,2-17,21H2,1H3/b24-18?,25-19+,26-20-. The van der Waals surface area contributed by atoms with Crippen molar-refractivity contribution in [3.8, 4) is 0 Å². The third-order valence-electron chi connectivity index (χ3n) is 7.04. The van der Waals surface area contributed by atoms with Crippen LogP contribution in [0.4, 0.5) is 0 Å². The summed E-state index contributed by atoms with van der Waals surface area (Å²) in [6, 6.07) is 0. The van der Waals surface area contributed by atoms with Crippen molar-refractivity contribution in [3.05, 3.63) is 34.9 Å². The molecule has 0 amide bonds. The van der Waals surface area contributed by atoms with E-state index in [4.69, 9.17) is 0 Å². The first-order valence-electron chi connectivity index (χ1n) is 12.0. The van der Waals surface area contributed by atoms with Gasteiger partial charge in [0.2, 0.25) is 0 Å². The summed E-state index contributed by atoms with van der Waals surface area (Å²) >= 11 is 2.02. The molecule has 0 aromatic heterocycles. The Hall–Kier alpha value is -0.430. The molecular weight excluding hydrogens is 344 g/mol. The Morgan fingerprint density at radius 1 is 0.704 bits per heavy atom. The summed E-state index contributed by atoms with van der Waals surface area (Å²) in [5.74, 6) is 2.88. The molecule has 2 saturated carbocycles. The molecule has 0 atom stereocenters. The minimum atomic E-state index is 0.826. The van der Waals surface area contributed by atoms with Crippen LogP contribution in [-0.2, 0) is 0 Å². The molecule has 2 fully saturated rings. The van der Waals surface area contributed by atoms with Crippen LogP contribution in [0.3, 0.4) is 0 Å². The van der Waals surface area contributed by atoms with Crippen molar-refractivity contribution < 1.29 is 0 Å². The van der Waals surface area contributed by atoms with Gasteiger partial charge < -0.3 is 0 Å². The second-order valence-corrected chi connectivity index (χ2v) is 9.99. The minimum Gasteiger partial charge on any atom is -0.161 e. The van der Waals surface area contributed by atoms with Crippen LogP contribution in [0.2, 0.25) is 0 Å². The SMILES string of the molecule is CSCC1=C\CCCCCCC=C(C2CCCCC2)/C=C\1C1CCCCC1. The van der Waals surface area contributed by atoms with Crippen molar-refractivity contribution in [2.75, 3.05) is 12.0 Å². The smallest absolute Gasteiger partial charge is 0.0181 e. The van der Waals surface area contributed by atoms with Crippen molar-refractivity contribution in [2.24, 2.45) is 11.8 Å². The Morgan fingerprint density at radius 2 is 1.26 bits per heavy atom. The lowest BCUT2D eigenvalue weighted by Gasteiger charge is -2.29. The lowest BCUT2D eigenvalue weighted by Crippen LogP contribution is -2.15. The molecule has 0 aromatic rings. The molecule has 3 aliphatic rings. The Bertz CT molecular complexity index is 512. The first-order valence-corrected chi connectivity index (χ1v) is 13.4. The summed E-state index contributed by atoms with van der Waals surface area (Å²) in [5.41, 5.74) is 5.17. The average Bonchev–Trinajstić information content (AvgIpc) is 2.71. The van der Waals surface area contributed by atoms with Gasteiger partial charge in [0, 0.05) is 5.75 Å². The molecule has 3 aliphatic carbocycles. The van der Waals surface area contributed by atoms with E-state index in [1.165, 1.54) is 108 Å². The predicted molar refractivity (Wildman–Crippen MR) is 123 cm³/mol. The van der Waals surface area contributed by atoms with Crippen LogP contribution in [0.15, 0.2) is 34.9 Å². The fourth-order valence-electron chi connectivity index (χ4n) is 5.45. The highest BCUT2D eigenvalue weighted by Crippen LogP contribution is 2.38. The summed E-state index contributed by atoms with van der Waals surface area (Å²) in [4.78, 5) is 0. The van der Waals surface area contributed by atoms with Gasteiger partial charge in [0.15, 0.2) is 0 Å². The molecule has 152 valence electrons. The first-order chi connectivity index (χ1) is 13.4. The second-order valence-electron chi connectivity index (χ2n) is 9.13. The van der Waals surface area contributed by atoms with Crippen molar-refractivity contribution in [2.45, 2.75) is 103 Å². The van der Waals surface area contributed by atoms with E-state index >= 15 is 0 Å². The maximum Gasteiger partial charge on any atom is 0.0181 e. The van der Waals surface area contributed by atoms with E-state index in [0.717, 1.165) is 11.8 Å². The van der Waals surface area contributed by atoms with Crippen LogP contribution < -0.4 is 0 Å². The molecule has 0 bridgehead atoms. The van der Waals surface area contributed by atoms with Crippen LogP contribution in [0.5, 0.6) is 0 Å². The molecule has 3 rings (SSSR count). The second kappa shape index (κ2) is 12.2. The van der Waals surface area contributed by atoms with Gasteiger partial charge in [-0.05, 0) is 86.2 Å². The van der Waals surface area contributed by atoms with E-state index in [-0.39, 0.29) is 0 Å². The van der Waals surface area contributed by atoms with Crippen LogP contribution in [-0.4, -0.2) is 12.0 Å². The largest absolute Gasteiger partial charge is 0.161 e. The summed E-state index contributed by atoms with van der Waals surface area (Å²) in [5, 5.41) is 0. The highest BCUT2D eigenvalue weighted by Gasteiger charge is 2.23. The first kappa shape index (κ1) is 21.3. The topological polar surface area (TPSA) is 0 Å². The lowest BCUT2D eigenvalue weighted by molar-refractivity contribution is 0.397. The van der Waals surface area contributed by atoms with Gasteiger partial charge in [-0.2, -0.15) is 11.8 Å². The summed E-state index contributed by atoms with van der Waals surface area (Å²) < 4.78 is 0. The summed E-state index contributed by atoms with van der Waals surface area (Å²) in [7, 11) is 0. The van der Waals surface area contributed by atoms with Gasteiger partial charge >= 0.3 is 0 Å². The van der Waals surface area contributed by atoms with Crippen LogP contribution in [0, 0.1) is 11.8 Å². The van der Waals surface area contributed by atoms with Crippen LogP contribution >= 0.6 is 11.8 Å². The fourth-order valence-corrected chi connectivity index (χ4v) is 6.04. The van der Waals surface area contributed by atoms with Gasteiger partial charge in [-0.1, -0.05) is 69.6 Å². The lowest BCUT2D eigenvalue weighted by atomic mass is 9.77. The van der Waals surface area contributed by atoms with Gasteiger partial charge in [0.05, 0.1) is 0 Å². The highest BCUT2D eigenvalue weighted by atomic mass is 32.2. The van der Waals surface area contributed by atoms with Gasteiger partial charge in [-0.25, -0.2) is 0 Å². The quantitative estimate of drug-likeness (QED) is 0.466. The molecule has 0 aromatic carbocycles. The predicted octanol–water partition coefficient (Wildman–Crippen LogP) is 8.64. The molecule has 27 heavy (non-hydrogen) atoms. The number of thioether (sulfide) groups is 1. The third-order valence-corrected chi connectivity index (χ3v) is 7.64. The maximum absolute atomic E-state index is 2.73. The van der Waals surface area contributed by atoms with Crippen molar-refractivity contribution in [1.29, 1.82) is 0 Å². The zero-order chi connectivity index (χ0) is 18.7. The molecule has 0 aliphatic heterocycles. The summed E-state index contributed by atoms with van der Waals surface area (Å²) in [6.07, 6.45) is 32.9. The fraction of sp³-hybridized carbons (Fsp3) is 0.769. The van der Waals surface area contributed by atoms with Gasteiger partial charge in [0.1, 0.15) is 0 Å². The van der Waals surface area contributed by atoms with E-state index in [1.54, 1.807) is 16.7 Å². The number of rotatable bonds is 4. The van der Waals surface area contributed by atoms with E-state index in [2.05, 4.69) is 24.5 Å². The van der Waals surface area contributed by atoms with Gasteiger partial charge in [-0.3, -0.25) is 0 Å². The van der Waals surface area contributed by atoms with Crippen molar-refractivity contribution in [3.63, 3.8) is 0 Å². The molecular formula is C26H42S. The Balaban J connectivity index is 1.93. The number of allylic oxidation sites excluding steroid dienone is 5. The van der Waals surface area contributed by atoms with Crippen LogP contribution in [0.25, 0.3) is 0 Å². The van der Waals surface area contributed by atoms with Crippen molar-refractivity contribution >= 4 is 11.8 Å². The molecule has 0 nitrogen and oxygen atoms in total. The van der Waals surface area contributed by atoms with Gasteiger partial charge in [-0.15, -0.1) is 0 Å². The molecule has 0 spiro atoms. The molecule has 0 N–H and O–H groups in total. The van der Waals surface area contributed by atoms with E-state index in [0.29, 0.717) is 0 Å². The Labute approximate surface area is 173 Å². The third kappa shape index (κ3) is 6.84. The monoisotopic (exact) mass is 386 g/mol. The maximum atomic E-state index is 2.73.